The number of imidazole rings is 1. The molecule has 108 valence electrons. The highest BCUT2D eigenvalue weighted by molar-refractivity contribution is 5.80. The van der Waals surface area contributed by atoms with Gasteiger partial charge in [-0.25, -0.2) is 4.98 Å². The van der Waals surface area contributed by atoms with Crippen LogP contribution in [0.25, 0.3) is 11.0 Å². The zero-order valence-electron chi connectivity index (χ0n) is 11.0. The molecule has 1 heterocycles. The third-order valence-corrected chi connectivity index (χ3v) is 3.09. The lowest BCUT2D eigenvalue weighted by Crippen LogP contribution is -2.18. The monoisotopic (exact) mass is 286 g/mol. The molecule has 0 aliphatic carbocycles. The molecule has 0 spiro atoms. The van der Waals surface area contributed by atoms with Crippen molar-refractivity contribution in [2.45, 2.75) is 33.0 Å². The minimum absolute atomic E-state index is 0.278. The third kappa shape index (κ3) is 2.92. The van der Waals surface area contributed by atoms with E-state index in [1.807, 2.05) is 13.8 Å². The Hall–Kier alpha value is -2.05. The van der Waals surface area contributed by atoms with Crippen molar-refractivity contribution < 1.29 is 23.1 Å². The summed E-state index contributed by atoms with van der Waals surface area (Å²) in [7, 11) is 0. The number of benzene rings is 1. The van der Waals surface area contributed by atoms with Crippen LogP contribution in [-0.4, -0.2) is 26.8 Å². The van der Waals surface area contributed by atoms with Crippen molar-refractivity contribution in [3.8, 4) is 0 Å². The standard InChI is InChI=1S/C13H13F3N2O2/c1-7-3-9-10(4-8(7)2)18(6-12(19)20)11(17-9)5-13(14,15)16/h3-4H,5-6H2,1-2H3,(H,19,20). The number of carboxylic acids is 1. The van der Waals surface area contributed by atoms with Crippen molar-refractivity contribution >= 4 is 17.0 Å². The molecule has 0 bridgehead atoms. The number of carbonyl (C=O) groups is 1. The molecule has 7 heteroatoms. The fraction of sp³-hybridized carbons (Fsp3) is 0.385. The van der Waals surface area contributed by atoms with Crippen molar-refractivity contribution in [3.63, 3.8) is 0 Å². The normalized spacial score (nSPS) is 12.1. The van der Waals surface area contributed by atoms with E-state index in [0.29, 0.717) is 11.0 Å². The molecule has 2 rings (SSSR count). The molecular weight excluding hydrogens is 273 g/mol. The fourth-order valence-electron chi connectivity index (χ4n) is 2.06. The molecule has 2 aromatic rings. The molecule has 0 unspecified atom stereocenters. The van der Waals surface area contributed by atoms with Crippen LogP contribution in [-0.2, 0) is 17.8 Å². The molecule has 0 atom stereocenters. The number of fused-ring (bicyclic) bond motifs is 1. The Bertz CT molecular complexity index is 674. The molecule has 0 aliphatic heterocycles. The van der Waals surface area contributed by atoms with Crippen LogP contribution in [0.4, 0.5) is 13.2 Å². The van der Waals surface area contributed by atoms with E-state index in [0.717, 1.165) is 15.7 Å². The molecular formula is C13H13F3N2O2. The van der Waals surface area contributed by atoms with Crippen LogP contribution in [0.15, 0.2) is 12.1 Å². The number of alkyl halides is 3. The molecule has 20 heavy (non-hydrogen) atoms. The summed E-state index contributed by atoms with van der Waals surface area (Å²) in [5, 5.41) is 8.86. The van der Waals surface area contributed by atoms with E-state index in [9.17, 15) is 18.0 Å². The molecule has 0 saturated heterocycles. The van der Waals surface area contributed by atoms with E-state index >= 15 is 0 Å². The number of aliphatic carboxylic acids is 1. The zero-order chi connectivity index (χ0) is 15.1. The molecule has 1 N–H and O–H groups in total. The van der Waals surface area contributed by atoms with Crippen LogP contribution < -0.4 is 0 Å². The number of aromatic nitrogens is 2. The number of hydrogen-bond acceptors (Lipinski definition) is 2. The van der Waals surface area contributed by atoms with Gasteiger partial charge in [0.25, 0.3) is 0 Å². The molecule has 1 aromatic carbocycles. The average Bonchev–Trinajstić information content (AvgIpc) is 2.55. The maximum Gasteiger partial charge on any atom is 0.396 e. The van der Waals surface area contributed by atoms with Gasteiger partial charge >= 0.3 is 12.1 Å². The highest BCUT2D eigenvalue weighted by atomic mass is 19.4. The first-order valence-electron chi connectivity index (χ1n) is 5.92. The van der Waals surface area contributed by atoms with Crippen molar-refractivity contribution in [3.05, 3.63) is 29.1 Å². The van der Waals surface area contributed by atoms with E-state index < -0.39 is 25.1 Å². The van der Waals surface area contributed by atoms with E-state index in [4.69, 9.17) is 5.11 Å². The van der Waals surface area contributed by atoms with Crippen LogP contribution in [0.1, 0.15) is 17.0 Å². The lowest BCUT2D eigenvalue weighted by Gasteiger charge is -2.09. The van der Waals surface area contributed by atoms with Crippen LogP contribution in [0, 0.1) is 13.8 Å². The summed E-state index contributed by atoms with van der Waals surface area (Å²) in [6.07, 6.45) is -5.67. The summed E-state index contributed by atoms with van der Waals surface area (Å²) in [6, 6.07) is 3.34. The van der Waals surface area contributed by atoms with E-state index in [2.05, 4.69) is 4.98 Å². The van der Waals surface area contributed by atoms with E-state index in [1.54, 1.807) is 12.1 Å². The summed E-state index contributed by atoms with van der Waals surface area (Å²) in [5.41, 5.74) is 2.57. The molecule has 1 aromatic heterocycles. The molecule has 0 fully saturated rings. The lowest BCUT2D eigenvalue weighted by molar-refractivity contribution is -0.138. The number of hydrogen-bond donors (Lipinski definition) is 1. The highest BCUT2D eigenvalue weighted by Gasteiger charge is 2.31. The van der Waals surface area contributed by atoms with Gasteiger partial charge in [-0.3, -0.25) is 4.79 Å². The Balaban J connectivity index is 2.63. The third-order valence-electron chi connectivity index (χ3n) is 3.09. The predicted octanol–water partition coefficient (Wildman–Crippen LogP) is 2.84. The van der Waals surface area contributed by atoms with Gasteiger partial charge in [0.15, 0.2) is 0 Å². The van der Waals surface area contributed by atoms with E-state index in [-0.39, 0.29) is 5.82 Å². The second kappa shape index (κ2) is 4.81. The Morgan fingerprint density at radius 1 is 1.30 bits per heavy atom. The minimum atomic E-state index is -4.43. The van der Waals surface area contributed by atoms with Gasteiger partial charge in [0.2, 0.25) is 0 Å². The Morgan fingerprint density at radius 3 is 2.45 bits per heavy atom. The van der Waals surface area contributed by atoms with Gasteiger partial charge < -0.3 is 9.67 Å². The van der Waals surface area contributed by atoms with Gasteiger partial charge in [-0.1, -0.05) is 0 Å². The average molecular weight is 286 g/mol. The van der Waals surface area contributed by atoms with Gasteiger partial charge in [-0.2, -0.15) is 13.2 Å². The van der Waals surface area contributed by atoms with Gasteiger partial charge in [0, 0.05) is 0 Å². The molecule has 0 amide bonds. The van der Waals surface area contributed by atoms with Crippen LogP contribution in [0.3, 0.4) is 0 Å². The predicted molar refractivity (Wildman–Crippen MR) is 66.6 cm³/mol. The SMILES string of the molecule is Cc1cc2nc(CC(F)(F)F)n(CC(=O)O)c2cc1C. The number of aryl methyl sites for hydroxylation is 2. The van der Waals surface area contributed by atoms with Crippen LogP contribution in [0.2, 0.25) is 0 Å². The molecule has 4 nitrogen and oxygen atoms in total. The maximum atomic E-state index is 12.5. The van der Waals surface area contributed by atoms with Crippen LogP contribution >= 0.6 is 0 Å². The maximum absolute atomic E-state index is 12.5. The smallest absolute Gasteiger partial charge is 0.396 e. The second-order valence-corrected chi connectivity index (χ2v) is 4.73. The van der Waals surface area contributed by atoms with Gasteiger partial charge in [0.05, 0.1) is 11.0 Å². The summed E-state index contributed by atoms with van der Waals surface area (Å²) in [4.78, 5) is 14.8. The lowest BCUT2D eigenvalue weighted by atomic mass is 10.1. The summed E-state index contributed by atoms with van der Waals surface area (Å²) >= 11 is 0. The highest BCUT2D eigenvalue weighted by Crippen LogP contribution is 2.26. The van der Waals surface area contributed by atoms with Crippen molar-refractivity contribution in [2.24, 2.45) is 0 Å². The van der Waals surface area contributed by atoms with Gasteiger partial charge in [-0.05, 0) is 37.1 Å². The summed E-state index contributed by atoms with van der Waals surface area (Å²) in [5.74, 6) is -1.48. The first kappa shape index (κ1) is 14.4. The molecule has 0 aliphatic rings. The fourth-order valence-corrected chi connectivity index (χ4v) is 2.06. The van der Waals surface area contributed by atoms with Crippen molar-refractivity contribution in [1.82, 2.24) is 9.55 Å². The summed E-state index contributed by atoms with van der Waals surface area (Å²) < 4.78 is 38.7. The first-order valence-corrected chi connectivity index (χ1v) is 5.92. The first-order chi connectivity index (χ1) is 9.17. The Labute approximate surface area is 112 Å². The van der Waals surface area contributed by atoms with E-state index in [1.165, 1.54) is 0 Å². The largest absolute Gasteiger partial charge is 0.480 e. The Kier molecular flexibility index (Phi) is 3.45. The second-order valence-electron chi connectivity index (χ2n) is 4.73. The van der Waals surface area contributed by atoms with Gasteiger partial charge in [-0.15, -0.1) is 0 Å². The molecule has 0 saturated carbocycles. The Morgan fingerprint density at radius 2 is 1.90 bits per heavy atom. The zero-order valence-corrected chi connectivity index (χ0v) is 11.0. The number of nitrogens with zero attached hydrogens (tertiary/aromatic N) is 2. The van der Waals surface area contributed by atoms with Crippen molar-refractivity contribution in [1.29, 1.82) is 0 Å². The van der Waals surface area contributed by atoms with Crippen molar-refractivity contribution in [2.75, 3.05) is 0 Å². The quantitative estimate of drug-likeness (QED) is 0.944. The molecule has 0 radical (unpaired) electrons. The number of rotatable bonds is 3. The summed E-state index contributed by atoms with van der Waals surface area (Å²) in [6.45, 7) is 3.11. The number of carboxylic acid groups (broad SMARTS) is 1. The minimum Gasteiger partial charge on any atom is -0.480 e. The topological polar surface area (TPSA) is 55.1 Å². The van der Waals surface area contributed by atoms with Gasteiger partial charge in [0.1, 0.15) is 18.8 Å². The number of halogens is 3. The van der Waals surface area contributed by atoms with Crippen LogP contribution in [0.5, 0.6) is 0 Å².